The number of halogens is 4. The number of hydrogen-bond donors (Lipinski definition) is 0. The van der Waals surface area contributed by atoms with Crippen LogP contribution < -0.4 is 4.90 Å². The first-order valence-corrected chi connectivity index (χ1v) is 12.6. The van der Waals surface area contributed by atoms with Gasteiger partial charge in [0.25, 0.3) is 5.92 Å². The number of amides is 1. The maximum atomic E-state index is 15.7. The Kier molecular flexibility index (Phi) is 5.59. The Morgan fingerprint density at radius 3 is 2.65 bits per heavy atom. The molecule has 184 valence electrons. The zero-order chi connectivity index (χ0) is 24.6. The fraction of sp³-hybridized carbons (Fsp3) is 0.636. The van der Waals surface area contributed by atoms with Gasteiger partial charge in [-0.3, -0.25) is 4.90 Å². The Hall–Kier alpha value is -2.01. The van der Waals surface area contributed by atoms with E-state index in [-0.39, 0.29) is 34.5 Å². The Morgan fingerprint density at radius 2 is 1.97 bits per heavy atom. The van der Waals surface area contributed by atoms with Crippen LogP contribution in [-0.4, -0.2) is 62.0 Å². The van der Waals surface area contributed by atoms with Gasteiger partial charge in [0.1, 0.15) is 22.6 Å². The van der Waals surface area contributed by atoms with Crippen LogP contribution in [0.25, 0.3) is 10.9 Å². The van der Waals surface area contributed by atoms with Gasteiger partial charge in [0, 0.05) is 13.0 Å². The van der Waals surface area contributed by atoms with Crippen LogP contribution in [-0.2, 0) is 10.7 Å². The zero-order valence-corrected chi connectivity index (χ0v) is 20.8. The van der Waals surface area contributed by atoms with E-state index in [1.807, 2.05) is 6.92 Å². The number of carbonyl (C=O) groups excluding carboxylic acids is 1. The molecule has 3 aliphatic heterocycles. The lowest BCUT2D eigenvalue weighted by atomic mass is 9.96. The Bertz CT molecular complexity index is 1180. The van der Waals surface area contributed by atoms with Gasteiger partial charge < -0.3 is 9.64 Å². The molecular formula is C22H25ClF3N5O2S. The Balaban J connectivity index is 1.68. The van der Waals surface area contributed by atoms with E-state index in [1.165, 1.54) is 11.8 Å². The number of fused-ring (bicyclic) bond motifs is 5. The van der Waals surface area contributed by atoms with Crippen molar-refractivity contribution in [3.05, 3.63) is 16.7 Å². The van der Waals surface area contributed by atoms with E-state index in [1.54, 1.807) is 30.6 Å². The molecule has 3 aliphatic rings. The number of piperazine rings is 1. The van der Waals surface area contributed by atoms with E-state index in [0.29, 0.717) is 18.6 Å². The van der Waals surface area contributed by atoms with Crippen LogP contribution in [0.5, 0.6) is 0 Å². The average molecular weight is 516 g/mol. The summed E-state index contributed by atoms with van der Waals surface area (Å²) in [7, 11) is 0. The first-order valence-electron chi connectivity index (χ1n) is 11.3. The van der Waals surface area contributed by atoms with E-state index in [4.69, 9.17) is 16.3 Å². The maximum absolute atomic E-state index is 15.7. The van der Waals surface area contributed by atoms with Gasteiger partial charge in [-0.05, 0) is 39.4 Å². The Labute approximate surface area is 204 Å². The normalized spacial score (nSPS) is 25.4. The van der Waals surface area contributed by atoms with E-state index in [9.17, 15) is 4.79 Å². The highest BCUT2D eigenvalue weighted by Crippen LogP contribution is 2.50. The van der Waals surface area contributed by atoms with Gasteiger partial charge in [0.15, 0.2) is 16.1 Å². The molecule has 1 amide bonds. The molecule has 2 fully saturated rings. The fourth-order valence-corrected chi connectivity index (χ4v) is 6.00. The highest BCUT2D eigenvalue weighted by molar-refractivity contribution is 7.99. The summed E-state index contributed by atoms with van der Waals surface area (Å²) in [4.78, 5) is 29.0. The van der Waals surface area contributed by atoms with Crippen molar-refractivity contribution < 1.29 is 22.7 Å². The van der Waals surface area contributed by atoms with Crippen LogP contribution in [0.1, 0.15) is 52.7 Å². The molecular weight excluding hydrogens is 491 g/mol. The minimum absolute atomic E-state index is 0.111. The summed E-state index contributed by atoms with van der Waals surface area (Å²) < 4.78 is 52.0. The van der Waals surface area contributed by atoms with Crippen molar-refractivity contribution in [3.8, 4) is 0 Å². The van der Waals surface area contributed by atoms with E-state index in [0.717, 1.165) is 0 Å². The van der Waals surface area contributed by atoms with Crippen molar-refractivity contribution in [3.63, 3.8) is 0 Å². The SMILES string of the molecule is CCSc1nc2c3c(nc(Cl)c(F)c3n1)C(F)(F)C[C@@H]1[C@@H]3CC[C@H](CN21)N3C(=O)OC(C)(C)C. The summed E-state index contributed by atoms with van der Waals surface area (Å²) in [5.74, 6) is -3.52. The molecule has 0 aliphatic carbocycles. The topological polar surface area (TPSA) is 71.5 Å². The second kappa shape index (κ2) is 8.01. The number of ether oxygens (including phenoxy) is 1. The number of nitrogens with zero attached hydrogens (tertiary/aromatic N) is 5. The molecule has 2 saturated heterocycles. The molecule has 2 aromatic rings. The molecule has 34 heavy (non-hydrogen) atoms. The number of alkyl halides is 2. The lowest BCUT2D eigenvalue weighted by molar-refractivity contribution is -0.0379. The predicted molar refractivity (Wildman–Crippen MR) is 123 cm³/mol. The molecule has 0 N–H and O–H groups in total. The van der Waals surface area contributed by atoms with Gasteiger partial charge in [-0.15, -0.1) is 0 Å². The molecule has 0 saturated carbocycles. The van der Waals surface area contributed by atoms with Crippen molar-refractivity contribution in [1.29, 1.82) is 0 Å². The highest BCUT2D eigenvalue weighted by atomic mass is 35.5. The number of thioether (sulfide) groups is 1. The summed E-state index contributed by atoms with van der Waals surface area (Å²) >= 11 is 7.22. The third-order valence-electron chi connectivity index (χ3n) is 6.47. The van der Waals surface area contributed by atoms with E-state index >= 15 is 13.2 Å². The lowest BCUT2D eigenvalue weighted by Gasteiger charge is -2.47. The van der Waals surface area contributed by atoms with Crippen LogP contribution >= 0.6 is 23.4 Å². The van der Waals surface area contributed by atoms with Crippen LogP contribution in [0, 0.1) is 5.82 Å². The van der Waals surface area contributed by atoms with Crippen molar-refractivity contribution >= 4 is 46.2 Å². The average Bonchev–Trinajstić information content (AvgIpc) is 3.03. The number of aromatic nitrogens is 3. The first-order chi connectivity index (χ1) is 15.9. The molecule has 0 unspecified atom stereocenters. The summed E-state index contributed by atoms with van der Waals surface area (Å²) in [6, 6.07) is -1.49. The Morgan fingerprint density at radius 1 is 1.24 bits per heavy atom. The van der Waals surface area contributed by atoms with Crippen molar-refractivity contribution in [2.75, 3.05) is 17.2 Å². The molecule has 0 radical (unpaired) electrons. The van der Waals surface area contributed by atoms with Gasteiger partial charge in [-0.1, -0.05) is 30.3 Å². The van der Waals surface area contributed by atoms with Gasteiger partial charge in [0.05, 0.1) is 23.5 Å². The number of carbonyl (C=O) groups is 1. The highest BCUT2D eigenvalue weighted by Gasteiger charge is 2.55. The van der Waals surface area contributed by atoms with Crippen molar-refractivity contribution in [2.24, 2.45) is 0 Å². The molecule has 5 rings (SSSR count). The predicted octanol–water partition coefficient (Wildman–Crippen LogP) is 5.38. The lowest BCUT2D eigenvalue weighted by Crippen LogP contribution is -2.62. The minimum atomic E-state index is -3.43. The molecule has 2 aromatic heterocycles. The maximum Gasteiger partial charge on any atom is 0.410 e. The molecule has 7 nitrogen and oxygen atoms in total. The zero-order valence-electron chi connectivity index (χ0n) is 19.2. The third-order valence-corrected chi connectivity index (χ3v) is 7.45. The van der Waals surface area contributed by atoms with Gasteiger partial charge in [0.2, 0.25) is 0 Å². The summed E-state index contributed by atoms with van der Waals surface area (Å²) in [5.41, 5.74) is -1.58. The first kappa shape index (κ1) is 23.7. The largest absolute Gasteiger partial charge is 0.444 e. The van der Waals surface area contributed by atoms with Crippen LogP contribution in [0.15, 0.2) is 5.16 Å². The second-order valence-electron chi connectivity index (χ2n) is 9.87. The third kappa shape index (κ3) is 3.75. The van der Waals surface area contributed by atoms with Crippen molar-refractivity contribution in [1.82, 2.24) is 19.9 Å². The second-order valence-corrected chi connectivity index (χ2v) is 11.5. The summed E-state index contributed by atoms with van der Waals surface area (Å²) in [6.45, 7) is 7.49. The fourth-order valence-electron chi connectivity index (χ4n) is 5.26. The van der Waals surface area contributed by atoms with Gasteiger partial charge >= 0.3 is 6.09 Å². The number of hydrogen-bond acceptors (Lipinski definition) is 7. The minimum Gasteiger partial charge on any atom is -0.444 e. The molecule has 5 heterocycles. The standard InChI is InChI=1S/C22H25ClF3N5O2S/c1-5-34-19-27-15-13-16(28-17(23)14(15)24)22(25,26)8-12-11-7-6-10(9-30(12)18(13)29-19)31(11)20(32)33-21(2,3)4/h10-12H,5-9H2,1-4H3/t10-,11+,12-/m1/s1. The summed E-state index contributed by atoms with van der Waals surface area (Å²) in [5, 5.41) is -0.473. The van der Waals surface area contributed by atoms with E-state index in [2.05, 4.69) is 15.0 Å². The van der Waals surface area contributed by atoms with Crippen LogP contribution in [0.2, 0.25) is 5.15 Å². The van der Waals surface area contributed by atoms with Gasteiger partial charge in [-0.25, -0.2) is 24.1 Å². The van der Waals surface area contributed by atoms with Crippen molar-refractivity contribution in [2.45, 2.75) is 81.8 Å². The summed E-state index contributed by atoms with van der Waals surface area (Å²) in [6.07, 6.45) is 0.102. The molecule has 0 spiro atoms. The van der Waals surface area contributed by atoms with Crippen LogP contribution in [0.4, 0.5) is 23.8 Å². The monoisotopic (exact) mass is 515 g/mol. The molecule has 3 atom stereocenters. The molecule has 0 aromatic carbocycles. The quantitative estimate of drug-likeness (QED) is 0.302. The molecule has 2 bridgehead atoms. The smallest absolute Gasteiger partial charge is 0.410 e. The molecule has 12 heteroatoms. The van der Waals surface area contributed by atoms with Gasteiger partial charge in [-0.2, -0.15) is 8.78 Å². The number of pyridine rings is 1. The van der Waals surface area contributed by atoms with E-state index < -0.39 is 52.8 Å². The number of anilines is 1. The number of rotatable bonds is 2. The van der Waals surface area contributed by atoms with Crippen LogP contribution in [0.3, 0.4) is 0 Å².